The largest absolute Gasteiger partial charge is 0.480 e. The zero-order chi connectivity index (χ0) is 15.8. The monoisotopic (exact) mass is 329 g/mol. The lowest BCUT2D eigenvalue weighted by molar-refractivity contribution is -0.149. The van der Waals surface area contributed by atoms with Crippen LogP contribution in [0.25, 0.3) is 0 Å². The Hall–Kier alpha value is -1.20. The van der Waals surface area contributed by atoms with Crippen LogP contribution in [0.15, 0.2) is 29.2 Å². The van der Waals surface area contributed by atoms with Crippen molar-refractivity contribution in [1.29, 1.82) is 0 Å². The van der Waals surface area contributed by atoms with Gasteiger partial charge in [-0.2, -0.15) is 0 Å². The molecule has 0 spiro atoms. The van der Waals surface area contributed by atoms with E-state index in [-0.39, 0.29) is 5.91 Å². The fourth-order valence-corrected chi connectivity index (χ4v) is 2.89. The summed E-state index contributed by atoms with van der Waals surface area (Å²) < 4.78 is 0. The first-order chi connectivity index (χ1) is 9.95. The Morgan fingerprint density at radius 3 is 2.48 bits per heavy atom. The van der Waals surface area contributed by atoms with Crippen molar-refractivity contribution in [2.75, 3.05) is 12.8 Å². The highest BCUT2D eigenvalue weighted by Crippen LogP contribution is 2.21. The molecule has 1 unspecified atom stereocenters. The molecule has 0 saturated carbocycles. The average Bonchev–Trinajstić information content (AvgIpc) is 2.45. The number of hydrogen-bond donors (Lipinski definition) is 1. The summed E-state index contributed by atoms with van der Waals surface area (Å²) in [5, 5.41) is 9.73. The third-order valence-corrected chi connectivity index (χ3v) is 4.50. The Labute approximate surface area is 134 Å². The number of amides is 1. The Kier molecular flexibility index (Phi) is 7.61. The summed E-state index contributed by atoms with van der Waals surface area (Å²) in [7, 11) is 1.55. The van der Waals surface area contributed by atoms with Gasteiger partial charge < -0.3 is 10.0 Å². The van der Waals surface area contributed by atoms with Gasteiger partial charge in [-0.05, 0) is 42.9 Å². The molecule has 1 rings (SSSR count). The van der Waals surface area contributed by atoms with Crippen LogP contribution in [0, 0.1) is 0 Å². The summed E-state index contributed by atoms with van der Waals surface area (Å²) in [6.45, 7) is 1.76. The van der Waals surface area contributed by atoms with E-state index >= 15 is 0 Å². The van der Waals surface area contributed by atoms with E-state index in [1.807, 2.05) is 24.3 Å². The second-order valence-corrected chi connectivity index (χ2v) is 6.28. The molecule has 21 heavy (non-hydrogen) atoms. The number of aliphatic carboxylic acids is 1. The molecule has 4 nitrogen and oxygen atoms in total. The van der Waals surface area contributed by atoms with Crippen molar-refractivity contribution in [3.63, 3.8) is 0 Å². The van der Waals surface area contributed by atoms with Gasteiger partial charge in [-0.3, -0.25) is 4.79 Å². The molecule has 1 aromatic carbocycles. The van der Waals surface area contributed by atoms with Crippen molar-refractivity contribution >= 4 is 35.2 Å². The second kappa shape index (κ2) is 8.95. The number of carboxylic acid groups (broad SMARTS) is 1. The molecule has 0 bridgehead atoms. The molecule has 0 radical (unpaired) electrons. The molecule has 116 valence electrons. The maximum Gasteiger partial charge on any atom is 0.326 e. The predicted octanol–water partition coefficient (Wildman–Crippen LogP) is 3.53. The molecular weight excluding hydrogens is 310 g/mol. The van der Waals surface area contributed by atoms with Gasteiger partial charge in [-0.1, -0.05) is 18.5 Å². The third kappa shape index (κ3) is 5.98. The summed E-state index contributed by atoms with van der Waals surface area (Å²) >= 11 is 7.47. The summed E-state index contributed by atoms with van der Waals surface area (Å²) in [6, 6.07) is 6.82. The number of rotatable bonds is 8. The first kappa shape index (κ1) is 17.9. The molecule has 0 heterocycles. The number of carbonyl (C=O) groups excluding carboxylic acids is 1. The number of likely N-dealkylation sites (N-methyl/N-ethyl adjacent to an activating group) is 1. The fourth-order valence-electron chi connectivity index (χ4n) is 1.91. The maximum atomic E-state index is 11.9. The van der Waals surface area contributed by atoms with Crippen LogP contribution in [-0.4, -0.2) is 40.7 Å². The average molecular weight is 330 g/mol. The van der Waals surface area contributed by atoms with Crippen molar-refractivity contribution in [2.45, 2.75) is 37.1 Å². The summed E-state index contributed by atoms with van der Waals surface area (Å²) in [5.74, 6) is -0.268. The maximum absolute atomic E-state index is 11.9. The number of benzene rings is 1. The second-order valence-electron chi connectivity index (χ2n) is 4.67. The van der Waals surface area contributed by atoms with Gasteiger partial charge >= 0.3 is 5.97 Å². The van der Waals surface area contributed by atoms with Gasteiger partial charge in [-0.25, -0.2) is 4.79 Å². The first-order valence-corrected chi connectivity index (χ1v) is 8.19. The zero-order valence-electron chi connectivity index (χ0n) is 12.2. The number of carboxylic acids is 1. The Morgan fingerprint density at radius 1 is 1.33 bits per heavy atom. The van der Waals surface area contributed by atoms with E-state index in [1.54, 1.807) is 25.7 Å². The molecular formula is C15H20ClNO3S. The van der Waals surface area contributed by atoms with Crippen molar-refractivity contribution < 1.29 is 14.7 Å². The number of nitrogens with zero attached hydrogens (tertiary/aromatic N) is 1. The van der Waals surface area contributed by atoms with E-state index in [0.717, 1.165) is 10.6 Å². The van der Waals surface area contributed by atoms with Crippen LogP contribution >= 0.6 is 23.4 Å². The standard InChI is InChI=1S/C15H20ClNO3S/c1-3-13(15(19)20)17(2)14(18)5-4-10-21-12-8-6-11(16)7-9-12/h6-9,13H,3-5,10H2,1-2H3,(H,19,20). The lowest BCUT2D eigenvalue weighted by Crippen LogP contribution is -2.41. The quantitative estimate of drug-likeness (QED) is 0.585. The van der Waals surface area contributed by atoms with Gasteiger partial charge in [-0.15, -0.1) is 11.8 Å². The molecule has 0 aliphatic heterocycles. The number of carbonyl (C=O) groups is 2. The van der Waals surface area contributed by atoms with Crippen LogP contribution < -0.4 is 0 Å². The smallest absolute Gasteiger partial charge is 0.326 e. The lowest BCUT2D eigenvalue weighted by Gasteiger charge is -2.23. The summed E-state index contributed by atoms with van der Waals surface area (Å²) in [5.41, 5.74) is 0. The van der Waals surface area contributed by atoms with E-state index in [4.69, 9.17) is 16.7 Å². The van der Waals surface area contributed by atoms with Gasteiger partial charge in [0.1, 0.15) is 6.04 Å². The van der Waals surface area contributed by atoms with Gasteiger partial charge in [0.05, 0.1) is 0 Å². The zero-order valence-corrected chi connectivity index (χ0v) is 13.8. The highest BCUT2D eigenvalue weighted by molar-refractivity contribution is 7.99. The Balaban J connectivity index is 2.33. The lowest BCUT2D eigenvalue weighted by atomic mass is 10.2. The molecule has 1 N–H and O–H groups in total. The highest BCUT2D eigenvalue weighted by atomic mass is 35.5. The summed E-state index contributed by atoms with van der Waals surface area (Å²) in [4.78, 5) is 25.4. The van der Waals surface area contributed by atoms with E-state index in [2.05, 4.69) is 0 Å². The van der Waals surface area contributed by atoms with Crippen LogP contribution in [0.4, 0.5) is 0 Å². The molecule has 0 aromatic heterocycles. The first-order valence-electron chi connectivity index (χ1n) is 6.82. The highest BCUT2D eigenvalue weighted by Gasteiger charge is 2.23. The van der Waals surface area contributed by atoms with Crippen LogP contribution in [-0.2, 0) is 9.59 Å². The minimum Gasteiger partial charge on any atom is -0.480 e. The van der Waals surface area contributed by atoms with E-state index in [1.165, 1.54) is 4.90 Å². The number of thioether (sulfide) groups is 1. The molecule has 0 saturated heterocycles. The molecule has 0 aliphatic rings. The van der Waals surface area contributed by atoms with Crippen LogP contribution in [0.3, 0.4) is 0 Å². The van der Waals surface area contributed by atoms with Crippen molar-refractivity contribution in [1.82, 2.24) is 4.90 Å². The Morgan fingerprint density at radius 2 is 1.95 bits per heavy atom. The van der Waals surface area contributed by atoms with E-state index < -0.39 is 12.0 Å². The molecule has 0 fully saturated rings. The van der Waals surface area contributed by atoms with Gasteiger partial charge in [0, 0.05) is 23.4 Å². The SMILES string of the molecule is CCC(C(=O)O)N(C)C(=O)CCCSc1ccc(Cl)cc1. The van der Waals surface area contributed by atoms with Gasteiger partial charge in [0.25, 0.3) is 0 Å². The van der Waals surface area contributed by atoms with Crippen molar-refractivity contribution in [2.24, 2.45) is 0 Å². The van der Waals surface area contributed by atoms with Gasteiger partial charge in [0.2, 0.25) is 5.91 Å². The fraction of sp³-hybridized carbons (Fsp3) is 0.467. The van der Waals surface area contributed by atoms with Crippen molar-refractivity contribution in [3.05, 3.63) is 29.3 Å². The van der Waals surface area contributed by atoms with Crippen molar-refractivity contribution in [3.8, 4) is 0 Å². The van der Waals surface area contributed by atoms with Crippen LogP contribution in [0.2, 0.25) is 5.02 Å². The minimum atomic E-state index is -0.955. The predicted molar refractivity (Wildman–Crippen MR) is 85.9 cm³/mol. The van der Waals surface area contributed by atoms with Crippen LogP contribution in [0.1, 0.15) is 26.2 Å². The van der Waals surface area contributed by atoms with E-state index in [0.29, 0.717) is 24.3 Å². The molecule has 1 aromatic rings. The minimum absolute atomic E-state index is 0.124. The normalized spacial score (nSPS) is 12.0. The molecule has 1 amide bonds. The molecule has 6 heteroatoms. The summed E-state index contributed by atoms with van der Waals surface area (Å²) in [6.07, 6.45) is 1.49. The van der Waals surface area contributed by atoms with E-state index in [9.17, 15) is 9.59 Å². The number of hydrogen-bond acceptors (Lipinski definition) is 3. The van der Waals surface area contributed by atoms with Gasteiger partial charge in [0.15, 0.2) is 0 Å². The molecule has 1 atom stereocenters. The van der Waals surface area contributed by atoms with Crippen LogP contribution in [0.5, 0.6) is 0 Å². The third-order valence-electron chi connectivity index (χ3n) is 3.15. The topological polar surface area (TPSA) is 57.6 Å². The number of halogens is 1. The Bertz CT molecular complexity index is 478. The molecule has 0 aliphatic carbocycles.